The van der Waals surface area contributed by atoms with E-state index in [1.54, 1.807) is 0 Å². The molecule has 1 unspecified atom stereocenters. The maximum atomic E-state index is 11.7. The minimum atomic E-state index is -2.06. The lowest BCUT2D eigenvalue weighted by Crippen LogP contribution is -2.47. The van der Waals surface area contributed by atoms with Gasteiger partial charge in [-0.15, -0.1) is 0 Å². The molecule has 1 atom stereocenters. The van der Waals surface area contributed by atoms with Crippen LogP contribution in [0.5, 0.6) is 5.75 Å². The zero-order chi connectivity index (χ0) is 16.0. The van der Waals surface area contributed by atoms with Crippen LogP contribution in [0.3, 0.4) is 0 Å². The van der Waals surface area contributed by atoms with Gasteiger partial charge in [-0.25, -0.2) is 9.59 Å². The van der Waals surface area contributed by atoms with Crippen LogP contribution >= 0.6 is 0 Å². The molecular formula is C13H15N3O5. The summed E-state index contributed by atoms with van der Waals surface area (Å²) in [7, 11) is 1.38. The first-order valence-electron chi connectivity index (χ1n) is 5.89. The predicted octanol–water partition coefficient (Wildman–Crippen LogP) is 0.524. The molecule has 21 heavy (non-hydrogen) atoms. The summed E-state index contributed by atoms with van der Waals surface area (Å²) in [6.07, 6.45) is 0. The molecular weight excluding hydrogens is 278 g/mol. The summed E-state index contributed by atoms with van der Waals surface area (Å²) in [6, 6.07) is 5.64. The van der Waals surface area contributed by atoms with Crippen molar-refractivity contribution in [3.63, 3.8) is 0 Å². The number of anilines is 1. The number of carboxylic acids is 1. The number of rotatable bonds is 5. The molecule has 1 aromatic carbocycles. The van der Waals surface area contributed by atoms with Crippen LogP contribution in [-0.4, -0.2) is 41.5 Å². The maximum absolute atomic E-state index is 11.7. The topological polar surface area (TPSA) is 132 Å². The average Bonchev–Trinajstić information content (AvgIpc) is 2.45. The normalized spacial score (nSPS) is 12.7. The largest absolute Gasteiger partial charge is 0.495 e. The van der Waals surface area contributed by atoms with Crippen molar-refractivity contribution < 1.29 is 24.5 Å². The van der Waals surface area contributed by atoms with Gasteiger partial charge in [-0.05, 0) is 19.1 Å². The molecule has 0 heterocycles. The SMILES string of the molecule is COc1cc(C#N)ccc1NC(=O)NCC(C)(O)C(=O)O. The molecule has 4 N–H and O–H groups in total. The number of hydrogen-bond donors (Lipinski definition) is 4. The molecule has 0 radical (unpaired) electrons. The fourth-order valence-electron chi connectivity index (χ4n) is 1.36. The van der Waals surface area contributed by atoms with E-state index in [9.17, 15) is 14.7 Å². The quantitative estimate of drug-likeness (QED) is 0.626. The summed E-state index contributed by atoms with van der Waals surface area (Å²) in [5.41, 5.74) is -1.39. The number of nitrogens with one attached hydrogen (secondary N) is 2. The molecule has 0 fully saturated rings. The van der Waals surface area contributed by atoms with Crippen molar-refractivity contribution in [3.05, 3.63) is 23.8 Å². The number of amides is 2. The molecule has 0 spiro atoms. The summed E-state index contributed by atoms with van der Waals surface area (Å²) in [6.45, 7) is 0.602. The Bertz CT molecular complexity index is 592. The Morgan fingerprint density at radius 1 is 1.48 bits per heavy atom. The summed E-state index contributed by atoms with van der Waals surface area (Å²) in [5, 5.41) is 31.6. The van der Waals surface area contributed by atoms with E-state index in [4.69, 9.17) is 15.1 Å². The molecule has 0 saturated carbocycles. The highest BCUT2D eigenvalue weighted by Crippen LogP contribution is 2.25. The molecule has 0 aliphatic heterocycles. The summed E-state index contributed by atoms with van der Waals surface area (Å²) in [5.74, 6) is -1.16. The van der Waals surface area contributed by atoms with E-state index in [-0.39, 0.29) is 5.75 Å². The van der Waals surface area contributed by atoms with Gasteiger partial charge in [0.1, 0.15) is 5.75 Å². The number of aliphatic hydroxyl groups is 1. The van der Waals surface area contributed by atoms with Crippen molar-refractivity contribution in [2.75, 3.05) is 19.0 Å². The van der Waals surface area contributed by atoms with E-state index < -0.39 is 24.1 Å². The number of aliphatic carboxylic acids is 1. The Kier molecular flexibility index (Phi) is 5.10. The van der Waals surface area contributed by atoms with Crippen LogP contribution in [-0.2, 0) is 4.79 Å². The van der Waals surface area contributed by atoms with E-state index in [0.29, 0.717) is 11.3 Å². The number of nitriles is 1. The number of urea groups is 1. The monoisotopic (exact) mass is 293 g/mol. The third kappa shape index (κ3) is 4.36. The fourth-order valence-corrected chi connectivity index (χ4v) is 1.36. The second-order valence-electron chi connectivity index (χ2n) is 4.41. The first-order chi connectivity index (χ1) is 9.80. The summed E-state index contributed by atoms with van der Waals surface area (Å²) in [4.78, 5) is 22.3. The zero-order valence-electron chi connectivity index (χ0n) is 11.5. The number of ether oxygens (including phenoxy) is 1. The minimum absolute atomic E-state index is 0.286. The number of methoxy groups -OCH3 is 1. The smallest absolute Gasteiger partial charge is 0.337 e. The van der Waals surface area contributed by atoms with Gasteiger partial charge < -0.3 is 25.6 Å². The van der Waals surface area contributed by atoms with E-state index >= 15 is 0 Å². The molecule has 0 saturated heterocycles. The molecule has 2 amide bonds. The van der Waals surface area contributed by atoms with Gasteiger partial charge in [-0.3, -0.25) is 0 Å². The second kappa shape index (κ2) is 6.58. The van der Waals surface area contributed by atoms with Crippen LogP contribution in [0.4, 0.5) is 10.5 Å². The number of benzene rings is 1. The van der Waals surface area contributed by atoms with Crippen molar-refractivity contribution >= 4 is 17.7 Å². The molecule has 0 bridgehead atoms. The highest BCUT2D eigenvalue weighted by molar-refractivity contribution is 5.91. The van der Waals surface area contributed by atoms with Gasteiger partial charge in [0.05, 0.1) is 31.0 Å². The van der Waals surface area contributed by atoms with E-state index in [1.807, 2.05) is 6.07 Å². The van der Waals surface area contributed by atoms with Gasteiger partial charge in [-0.2, -0.15) is 5.26 Å². The average molecular weight is 293 g/mol. The van der Waals surface area contributed by atoms with Crippen LogP contribution in [0.2, 0.25) is 0 Å². The van der Waals surface area contributed by atoms with Gasteiger partial charge >= 0.3 is 12.0 Å². The maximum Gasteiger partial charge on any atom is 0.337 e. The van der Waals surface area contributed by atoms with E-state index in [0.717, 1.165) is 6.92 Å². The van der Waals surface area contributed by atoms with Gasteiger partial charge in [-0.1, -0.05) is 0 Å². The Hall–Kier alpha value is -2.79. The van der Waals surface area contributed by atoms with E-state index in [1.165, 1.54) is 25.3 Å². The third-order valence-corrected chi connectivity index (χ3v) is 2.63. The highest BCUT2D eigenvalue weighted by atomic mass is 16.5. The molecule has 1 rings (SSSR count). The Morgan fingerprint density at radius 3 is 2.67 bits per heavy atom. The molecule has 0 aliphatic rings. The van der Waals surface area contributed by atoms with Crippen molar-refractivity contribution in [3.8, 4) is 11.8 Å². The third-order valence-electron chi connectivity index (χ3n) is 2.63. The molecule has 8 nitrogen and oxygen atoms in total. The zero-order valence-corrected chi connectivity index (χ0v) is 11.5. The first kappa shape index (κ1) is 16.3. The van der Waals surface area contributed by atoms with Crippen molar-refractivity contribution in [1.29, 1.82) is 5.26 Å². The molecule has 0 aromatic heterocycles. The number of hydrogen-bond acceptors (Lipinski definition) is 5. The van der Waals surface area contributed by atoms with Crippen LogP contribution in [0, 0.1) is 11.3 Å². The minimum Gasteiger partial charge on any atom is -0.495 e. The van der Waals surface area contributed by atoms with Crippen LogP contribution in [0.15, 0.2) is 18.2 Å². The lowest BCUT2D eigenvalue weighted by Gasteiger charge is -2.18. The highest BCUT2D eigenvalue weighted by Gasteiger charge is 2.30. The molecule has 112 valence electrons. The number of carbonyl (C=O) groups excluding carboxylic acids is 1. The van der Waals surface area contributed by atoms with Crippen molar-refractivity contribution in [1.82, 2.24) is 5.32 Å². The van der Waals surface area contributed by atoms with Crippen LogP contribution in [0.1, 0.15) is 12.5 Å². The first-order valence-corrected chi connectivity index (χ1v) is 5.89. The predicted molar refractivity (Wildman–Crippen MR) is 73.0 cm³/mol. The summed E-state index contributed by atoms with van der Waals surface area (Å²) >= 11 is 0. The van der Waals surface area contributed by atoms with Gasteiger partial charge in [0.15, 0.2) is 5.60 Å². The fraction of sp³-hybridized carbons (Fsp3) is 0.308. The second-order valence-corrected chi connectivity index (χ2v) is 4.41. The Balaban J connectivity index is 2.72. The number of carboxylic acid groups (broad SMARTS) is 1. The van der Waals surface area contributed by atoms with Crippen molar-refractivity contribution in [2.45, 2.75) is 12.5 Å². The standard InChI is InChI=1S/C13H15N3O5/c1-13(20,11(17)18)7-15-12(19)16-9-4-3-8(6-14)5-10(9)21-2/h3-5,20H,7H2,1-2H3,(H,17,18)(H2,15,16,19). The van der Waals surface area contributed by atoms with Gasteiger partial charge in [0.2, 0.25) is 0 Å². The molecule has 8 heteroatoms. The Labute approximate surface area is 121 Å². The van der Waals surface area contributed by atoms with Crippen LogP contribution < -0.4 is 15.4 Å². The summed E-state index contributed by atoms with van der Waals surface area (Å²) < 4.78 is 5.04. The number of carbonyl (C=O) groups is 2. The lowest BCUT2D eigenvalue weighted by atomic mass is 10.1. The Morgan fingerprint density at radius 2 is 2.14 bits per heavy atom. The van der Waals surface area contributed by atoms with E-state index in [2.05, 4.69) is 10.6 Å². The van der Waals surface area contributed by atoms with Crippen molar-refractivity contribution in [2.24, 2.45) is 0 Å². The lowest BCUT2D eigenvalue weighted by molar-refractivity contribution is -0.155. The van der Waals surface area contributed by atoms with Gasteiger partial charge in [0.25, 0.3) is 0 Å². The van der Waals surface area contributed by atoms with Gasteiger partial charge in [0, 0.05) is 6.07 Å². The number of nitrogens with zero attached hydrogens (tertiary/aromatic N) is 1. The van der Waals surface area contributed by atoms with Crippen LogP contribution in [0.25, 0.3) is 0 Å². The molecule has 0 aliphatic carbocycles. The molecule has 1 aromatic rings.